The highest BCUT2D eigenvalue weighted by molar-refractivity contribution is 5.99. The lowest BCUT2D eigenvalue weighted by Crippen LogP contribution is -2.30. The van der Waals surface area contributed by atoms with Crippen molar-refractivity contribution in [1.82, 2.24) is 0 Å². The van der Waals surface area contributed by atoms with E-state index in [4.69, 9.17) is 20.6 Å². The molecule has 0 bridgehead atoms. The summed E-state index contributed by atoms with van der Waals surface area (Å²) >= 11 is 0. The van der Waals surface area contributed by atoms with Crippen molar-refractivity contribution in [3.63, 3.8) is 0 Å². The largest absolute Gasteiger partial charge is 0.468 e. The molecule has 5 heteroatoms. The molecule has 0 heterocycles. The van der Waals surface area contributed by atoms with Gasteiger partial charge in [-0.1, -0.05) is 36.4 Å². The minimum Gasteiger partial charge on any atom is -0.468 e. The van der Waals surface area contributed by atoms with Crippen LogP contribution in [-0.4, -0.2) is 39.4 Å². The molecule has 23 heavy (non-hydrogen) atoms. The third kappa shape index (κ3) is 5.97. The predicted molar refractivity (Wildman–Crippen MR) is 86.2 cm³/mol. The summed E-state index contributed by atoms with van der Waals surface area (Å²) in [5.41, 5.74) is 1.28. The highest BCUT2D eigenvalue weighted by Gasteiger charge is 2.32. The number of ether oxygens (including phenoxy) is 3. The fraction of sp³-hybridized carbons (Fsp3) is 0.333. The van der Waals surface area contributed by atoms with Crippen LogP contribution in [0.4, 0.5) is 0 Å². The number of terminal acetylenes is 1. The molecule has 0 aromatic heterocycles. The first-order valence-electron chi connectivity index (χ1n) is 7.06. The molecular weight excluding hydrogens is 296 g/mol. The third-order valence-electron chi connectivity index (χ3n) is 3.06. The maximum atomic E-state index is 12.0. The van der Waals surface area contributed by atoms with Crippen molar-refractivity contribution in [1.29, 1.82) is 0 Å². The summed E-state index contributed by atoms with van der Waals surface area (Å²) in [5.74, 6) is -0.0995. The molecule has 0 aliphatic carbocycles. The Morgan fingerprint density at radius 2 is 1.78 bits per heavy atom. The average Bonchev–Trinajstić information content (AvgIpc) is 2.59. The molecule has 0 N–H and O–H groups in total. The summed E-state index contributed by atoms with van der Waals surface area (Å²) in [7, 11) is 2.44. The van der Waals surface area contributed by atoms with E-state index in [1.54, 1.807) is 6.08 Å². The Morgan fingerprint density at radius 3 is 2.30 bits per heavy atom. The van der Waals surface area contributed by atoms with Crippen LogP contribution in [0.15, 0.2) is 35.9 Å². The molecule has 0 radical (unpaired) electrons. The van der Waals surface area contributed by atoms with Gasteiger partial charge in [-0.15, -0.1) is 12.3 Å². The van der Waals surface area contributed by atoms with Crippen molar-refractivity contribution in [3.8, 4) is 12.3 Å². The van der Waals surface area contributed by atoms with Gasteiger partial charge in [0, 0.05) is 6.42 Å². The second-order valence-corrected chi connectivity index (χ2v) is 4.62. The number of methoxy groups -OCH3 is 2. The lowest BCUT2D eigenvalue weighted by atomic mass is 9.97. The van der Waals surface area contributed by atoms with Crippen molar-refractivity contribution in [2.75, 3.05) is 27.4 Å². The second kappa shape index (κ2) is 10.2. The van der Waals surface area contributed by atoms with Crippen LogP contribution in [0.1, 0.15) is 12.0 Å². The van der Waals surface area contributed by atoms with E-state index in [1.165, 1.54) is 14.2 Å². The van der Waals surface area contributed by atoms with Crippen LogP contribution in [0.5, 0.6) is 0 Å². The van der Waals surface area contributed by atoms with Gasteiger partial charge in [0.25, 0.3) is 0 Å². The van der Waals surface area contributed by atoms with Crippen molar-refractivity contribution < 1.29 is 23.8 Å². The van der Waals surface area contributed by atoms with Crippen molar-refractivity contribution in [2.45, 2.75) is 6.42 Å². The minimum atomic E-state index is -1.17. The van der Waals surface area contributed by atoms with Gasteiger partial charge in [-0.2, -0.15) is 0 Å². The molecule has 0 saturated heterocycles. The molecule has 5 nitrogen and oxygen atoms in total. The predicted octanol–water partition coefficient (Wildman–Crippen LogP) is 2.07. The zero-order valence-corrected chi connectivity index (χ0v) is 13.3. The van der Waals surface area contributed by atoms with Gasteiger partial charge in [-0.05, 0) is 11.1 Å². The van der Waals surface area contributed by atoms with Gasteiger partial charge in [-0.25, -0.2) is 0 Å². The van der Waals surface area contributed by atoms with Crippen LogP contribution in [0, 0.1) is 18.3 Å². The number of hydrogen-bond acceptors (Lipinski definition) is 5. The second-order valence-electron chi connectivity index (χ2n) is 4.62. The van der Waals surface area contributed by atoms with E-state index in [-0.39, 0.29) is 6.61 Å². The number of rotatable bonds is 8. The van der Waals surface area contributed by atoms with Gasteiger partial charge in [-0.3, -0.25) is 9.59 Å². The van der Waals surface area contributed by atoms with Crippen LogP contribution in [0.2, 0.25) is 0 Å². The highest BCUT2D eigenvalue weighted by atomic mass is 16.5. The van der Waals surface area contributed by atoms with Crippen LogP contribution in [-0.2, 0) is 23.8 Å². The lowest BCUT2D eigenvalue weighted by Gasteiger charge is -2.16. The van der Waals surface area contributed by atoms with Crippen molar-refractivity contribution in [3.05, 3.63) is 41.5 Å². The maximum absolute atomic E-state index is 12.0. The summed E-state index contributed by atoms with van der Waals surface area (Å²) < 4.78 is 14.9. The van der Waals surface area contributed by atoms with Crippen molar-refractivity contribution >= 4 is 18.0 Å². The molecule has 1 aromatic rings. The molecule has 0 aliphatic rings. The van der Waals surface area contributed by atoms with Crippen LogP contribution in [0.3, 0.4) is 0 Å². The molecule has 0 aliphatic heterocycles. The molecule has 0 saturated carbocycles. The van der Waals surface area contributed by atoms with Gasteiger partial charge >= 0.3 is 11.9 Å². The zero-order valence-electron chi connectivity index (χ0n) is 13.3. The van der Waals surface area contributed by atoms with Gasteiger partial charge in [0.2, 0.25) is 0 Å². The summed E-state index contributed by atoms with van der Waals surface area (Å²) in [4.78, 5) is 24.0. The molecule has 1 aromatic carbocycles. The summed E-state index contributed by atoms with van der Waals surface area (Å²) in [6, 6.07) is 9.29. The first-order chi connectivity index (χ1) is 11.1. The van der Waals surface area contributed by atoms with Gasteiger partial charge in [0.15, 0.2) is 5.92 Å². The SMILES string of the molecule is C#CCCOC/C(=C/c1ccccc1)C(C(=O)OC)C(=O)OC. The van der Waals surface area contributed by atoms with Crippen molar-refractivity contribution in [2.24, 2.45) is 5.92 Å². The van der Waals surface area contributed by atoms with Crippen LogP contribution < -0.4 is 0 Å². The Kier molecular flexibility index (Phi) is 8.19. The fourth-order valence-corrected chi connectivity index (χ4v) is 1.93. The van der Waals surface area contributed by atoms with E-state index in [0.717, 1.165) is 5.56 Å². The Hall–Kier alpha value is -2.58. The van der Waals surface area contributed by atoms with Gasteiger partial charge in [0.1, 0.15) is 0 Å². The Labute approximate surface area is 136 Å². The van der Waals surface area contributed by atoms with Gasteiger partial charge in [0.05, 0.1) is 27.4 Å². The topological polar surface area (TPSA) is 61.8 Å². The summed E-state index contributed by atoms with van der Waals surface area (Å²) in [6.07, 6.45) is 7.34. The number of carbonyl (C=O) groups is 2. The normalized spacial score (nSPS) is 11.0. The van der Waals surface area contributed by atoms with E-state index in [1.807, 2.05) is 30.3 Å². The van der Waals surface area contributed by atoms with E-state index in [2.05, 4.69) is 5.92 Å². The Morgan fingerprint density at radius 1 is 1.17 bits per heavy atom. The molecule has 0 unspecified atom stereocenters. The van der Waals surface area contributed by atoms with E-state index in [0.29, 0.717) is 18.6 Å². The molecule has 1 rings (SSSR count). The molecule has 122 valence electrons. The highest BCUT2D eigenvalue weighted by Crippen LogP contribution is 2.19. The molecular formula is C18H20O5. The lowest BCUT2D eigenvalue weighted by molar-refractivity contribution is -0.157. The average molecular weight is 316 g/mol. The first-order valence-corrected chi connectivity index (χ1v) is 7.06. The van der Waals surface area contributed by atoms with E-state index >= 15 is 0 Å². The molecule has 0 amide bonds. The maximum Gasteiger partial charge on any atom is 0.324 e. The molecule has 0 atom stereocenters. The Bertz CT molecular complexity index is 567. The van der Waals surface area contributed by atoms with E-state index in [9.17, 15) is 9.59 Å². The van der Waals surface area contributed by atoms with Gasteiger partial charge < -0.3 is 14.2 Å². The summed E-state index contributed by atoms with van der Waals surface area (Å²) in [5, 5.41) is 0. The fourth-order valence-electron chi connectivity index (χ4n) is 1.93. The minimum absolute atomic E-state index is 0.0748. The van der Waals surface area contributed by atoms with Crippen LogP contribution >= 0.6 is 0 Å². The van der Waals surface area contributed by atoms with E-state index < -0.39 is 17.9 Å². The molecule has 0 spiro atoms. The number of benzene rings is 1. The quantitative estimate of drug-likeness (QED) is 0.318. The number of carbonyl (C=O) groups excluding carboxylic acids is 2. The zero-order chi connectivity index (χ0) is 17.1. The monoisotopic (exact) mass is 316 g/mol. The molecule has 0 fully saturated rings. The number of esters is 2. The third-order valence-corrected chi connectivity index (χ3v) is 3.06. The standard InChI is InChI=1S/C18H20O5/c1-4-5-11-23-13-15(12-14-9-7-6-8-10-14)16(17(19)21-2)18(20)22-3/h1,6-10,12,16H,5,11,13H2,2-3H3/b15-12-. The summed E-state index contributed by atoms with van der Waals surface area (Å²) in [6.45, 7) is 0.406. The first kappa shape index (κ1) is 18.5. The Balaban J connectivity index is 3.09. The number of hydrogen-bond donors (Lipinski definition) is 0. The smallest absolute Gasteiger partial charge is 0.324 e. The van der Waals surface area contributed by atoms with Crippen LogP contribution in [0.25, 0.3) is 6.08 Å².